The summed E-state index contributed by atoms with van der Waals surface area (Å²) in [6, 6.07) is 0. The van der Waals surface area contributed by atoms with Crippen molar-refractivity contribution in [3.63, 3.8) is 0 Å². The lowest BCUT2D eigenvalue weighted by Gasteiger charge is -2.33. The molecule has 0 amide bonds. The van der Waals surface area contributed by atoms with E-state index in [1.165, 1.54) is 7.05 Å². The predicted molar refractivity (Wildman–Crippen MR) is 68.3 cm³/mol. The molecule has 0 bridgehead atoms. The van der Waals surface area contributed by atoms with Gasteiger partial charge in [-0.2, -0.15) is 0 Å². The number of nitrogens with zero attached hydrogens (tertiary/aromatic N) is 1. The Hall–Kier alpha value is -0.170. The summed E-state index contributed by atoms with van der Waals surface area (Å²) < 4.78 is 24.8. The number of piperidine rings is 1. The SMILES string of the molecule is CNS(=O)(=O)CCCN1CCC(C(C)O)CC1. The van der Waals surface area contributed by atoms with Crippen LogP contribution < -0.4 is 4.72 Å². The zero-order valence-corrected chi connectivity index (χ0v) is 11.5. The number of likely N-dealkylation sites (tertiary alicyclic amines) is 1. The van der Waals surface area contributed by atoms with Crippen molar-refractivity contribution in [2.24, 2.45) is 5.92 Å². The zero-order chi connectivity index (χ0) is 12.9. The molecule has 1 rings (SSSR count). The van der Waals surface area contributed by atoms with Crippen LogP contribution in [0.4, 0.5) is 0 Å². The normalized spacial score (nSPS) is 21.6. The Morgan fingerprint density at radius 1 is 1.41 bits per heavy atom. The van der Waals surface area contributed by atoms with Gasteiger partial charge >= 0.3 is 0 Å². The van der Waals surface area contributed by atoms with Crippen LogP contribution in [0.1, 0.15) is 26.2 Å². The van der Waals surface area contributed by atoms with E-state index in [0.29, 0.717) is 12.3 Å². The molecule has 102 valence electrons. The lowest BCUT2D eigenvalue weighted by molar-refractivity contribution is 0.0720. The Balaban J connectivity index is 2.19. The van der Waals surface area contributed by atoms with Gasteiger partial charge in [0.15, 0.2) is 0 Å². The van der Waals surface area contributed by atoms with Crippen LogP contribution in [0.2, 0.25) is 0 Å². The van der Waals surface area contributed by atoms with E-state index >= 15 is 0 Å². The third kappa shape index (κ3) is 5.33. The van der Waals surface area contributed by atoms with Gasteiger partial charge in [0.2, 0.25) is 10.0 Å². The minimum absolute atomic E-state index is 0.194. The van der Waals surface area contributed by atoms with Crippen molar-refractivity contribution in [1.82, 2.24) is 9.62 Å². The molecule has 5 nitrogen and oxygen atoms in total. The maximum atomic E-state index is 11.2. The molecule has 0 radical (unpaired) electrons. The monoisotopic (exact) mass is 264 g/mol. The molecule has 1 saturated heterocycles. The number of aliphatic hydroxyl groups excluding tert-OH is 1. The van der Waals surface area contributed by atoms with Gasteiger partial charge in [0.1, 0.15) is 0 Å². The molecule has 0 aromatic heterocycles. The summed E-state index contributed by atoms with van der Waals surface area (Å²) in [5.41, 5.74) is 0. The van der Waals surface area contributed by atoms with Crippen LogP contribution in [0, 0.1) is 5.92 Å². The van der Waals surface area contributed by atoms with Crippen molar-refractivity contribution in [3.8, 4) is 0 Å². The van der Waals surface area contributed by atoms with Gasteiger partial charge in [0.25, 0.3) is 0 Å². The first-order valence-corrected chi connectivity index (χ1v) is 7.91. The molecule has 0 aliphatic carbocycles. The minimum Gasteiger partial charge on any atom is -0.393 e. The minimum atomic E-state index is -3.06. The van der Waals surface area contributed by atoms with Gasteiger partial charge in [0, 0.05) is 0 Å². The Morgan fingerprint density at radius 2 is 2.00 bits per heavy atom. The summed E-state index contributed by atoms with van der Waals surface area (Å²) in [5, 5.41) is 9.47. The topological polar surface area (TPSA) is 69.6 Å². The number of rotatable bonds is 6. The second-order valence-corrected chi connectivity index (χ2v) is 6.84. The highest BCUT2D eigenvalue weighted by molar-refractivity contribution is 7.89. The van der Waals surface area contributed by atoms with Crippen molar-refractivity contribution in [3.05, 3.63) is 0 Å². The smallest absolute Gasteiger partial charge is 0.211 e. The standard InChI is InChI=1S/C11H24N2O3S/c1-10(14)11-4-7-13(8-5-11)6-3-9-17(15,16)12-2/h10-12,14H,3-9H2,1-2H3. The summed E-state index contributed by atoms with van der Waals surface area (Å²) in [4.78, 5) is 2.28. The molecule has 6 heteroatoms. The molecule has 2 N–H and O–H groups in total. The zero-order valence-electron chi connectivity index (χ0n) is 10.7. The van der Waals surface area contributed by atoms with Crippen LogP contribution >= 0.6 is 0 Å². The first-order chi connectivity index (χ1) is 7.94. The quantitative estimate of drug-likeness (QED) is 0.709. The van der Waals surface area contributed by atoms with Crippen molar-refractivity contribution in [1.29, 1.82) is 0 Å². The van der Waals surface area contributed by atoms with Crippen LogP contribution in [0.25, 0.3) is 0 Å². The Bertz CT molecular complexity index is 309. The van der Waals surface area contributed by atoms with E-state index in [1.807, 2.05) is 6.92 Å². The van der Waals surface area contributed by atoms with Gasteiger partial charge in [-0.05, 0) is 58.8 Å². The third-order valence-electron chi connectivity index (χ3n) is 3.51. The molecule has 0 aromatic carbocycles. The average Bonchev–Trinajstić information content (AvgIpc) is 2.29. The van der Waals surface area contributed by atoms with Gasteiger partial charge in [-0.3, -0.25) is 0 Å². The van der Waals surface area contributed by atoms with Crippen molar-refractivity contribution < 1.29 is 13.5 Å². The van der Waals surface area contributed by atoms with E-state index in [9.17, 15) is 13.5 Å². The van der Waals surface area contributed by atoms with Crippen molar-refractivity contribution in [2.45, 2.75) is 32.3 Å². The van der Waals surface area contributed by atoms with E-state index in [1.54, 1.807) is 0 Å². The van der Waals surface area contributed by atoms with Crippen molar-refractivity contribution in [2.75, 3.05) is 32.4 Å². The number of nitrogens with one attached hydrogen (secondary N) is 1. The Labute approximate surface area is 104 Å². The fourth-order valence-electron chi connectivity index (χ4n) is 2.24. The molecule has 0 saturated carbocycles. The summed E-state index contributed by atoms with van der Waals surface area (Å²) in [7, 11) is -1.61. The van der Waals surface area contributed by atoms with Crippen LogP contribution in [0.15, 0.2) is 0 Å². The van der Waals surface area contributed by atoms with Crippen LogP contribution in [0.5, 0.6) is 0 Å². The molecule has 0 spiro atoms. The number of hydrogen-bond acceptors (Lipinski definition) is 4. The fourth-order valence-corrected chi connectivity index (χ4v) is 2.95. The molecular weight excluding hydrogens is 240 g/mol. The van der Waals surface area contributed by atoms with Gasteiger partial charge < -0.3 is 10.0 Å². The molecular formula is C11H24N2O3S. The first kappa shape index (κ1) is 14.9. The molecule has 1 unspecified atom stereocenters. The molecule has 1 atom stereocenters. The molecule has 0 aromatic rings. The molecule has 1 aliphatic heterocycles. The van der Waals surface area contributed by atoms with Gasteiger partial charge in [-0.1, -0.05) is 0 Å². The van der Waals surface area contributed by atoms with E-state index in [4.69, 9.17) is 0 Å². The highest BCUT2D eigenvalue weighted by atomic mass is 32.2. The largest absolute Gasteiger partial charge is 0.393 e. The molecule has 1 heterocycles. The predicted octanol–water partition coefficient (Wildman–Crippen LogP) is 0.0185. The van der Waals surface area contributed by atoms with Gasteiger partial charge in [-0.25, -0.2) is 13.1 Å². The summed E-state index contributed by atoms with van der Waals surface area (Å²) in [6.45, 7) is 4.61. The number of aliphatic hydroxyl groups is 1. The second-order valence-electron chi connectivity index (χ2n) is 4.80. The summed E-state index contributed by atoms with van der Waals surface area (Å²) >= 11 is 0. The summed E-state index contributed by atoms with van der Waals surface area (Å²) in [5.74, 6) is 0.604. The highest BCUT2D eigenvalue weighted by Crippen LogP contribution is 2.20. The molecule has 17 heavy (non-hydrogen) atoms. The lowest BCUT2D eigenvalue weighted by atomic mass is 9.92. The molecule has 1 fully saturated rings. The van der Waals surface area contributed by atoms with Gasteiger partial charge in [0.05, 0.1) is 11.9 Å². The Morgan fingerprint density at radius 3 is 2.47 bits per heavy atom. The van der Waals surface area contributed by atoms with Crippen LogP contribution in [-0.2, 0) is 10.0 Å². The molecule has 1 aliphatic rings. The maximum absolute atomic E-state index is 11.2. The number of sulfonamides is 1. The van der Waals surface area contributed by atoms with Crippen LogP contribution in [-0.4, -0.2) is 57.0 Å². The number of hydrogen-bond donors (Lipinski definition) is 2. The lowest BCUT2D eigenvalue weighted by Crippen LogP contribution is -2.38. The maximum Gasteiger partial charge on any atom is 0.211 e. The van der Waals surface area contributed by atoms with Gasteiger partial charge in [-0.15, -0.1) is 0 Å². The summed E-state index contributed by atoms with van der Waals surface area (Å²) in [6.07, 6.45) is 2.47. The van der Waals surface area contributed by atoms with Crippen LogP contribution in [0.3, 0.4) is 0 Å². The Kier molecular flexibility index (Phi) is 5.85. The third-order valence-corrected chi connectivity index (χ3v) is 4.96. The van der Waals surface area contributed by atoms with E-state index in [-0.39, 0.29) is 11.9 Å². The second kappa shape index (κ2) is 6.68. The van der Waals surface area contributed by atoms with E-state index in [0.717, 1.165) is 32.5 Å². The van der Waals surface area contributed by atoms with E-state index in [2.05, 4.69) is 9.62 Å². The average molecular weight is 264 g/mol. The van der Waals surface area contributed by atoms with E-state index < -0.39 is 10.0 Å². The van der Waals surface area contributed by atoms with Crippen molar-refractivity contribution >= 4 is 10.0 Å². The fraction of sp³-hybridized carbons (Fsp3) is 1.00. The first-order valence-electron chi connectivity index (χ1n) is 6.26. The highest BCUT2D eigenvalue weighted by Gasteiger charge is 2.22.